The second-order valence-electron chi connectivity index (χ2n) is 12.3. The zero-order valence-corrected chi connectivity index (χ0v) is 23.3. The summed E-state index contributed by atoms with van der Waals surface area (Å²) in [5, 5.41) is 12.6. The van der Waals surface area contributed by atoms with Crippen LogP contribution in [0.3, 0.4) is 0 Å². The number of H-pyrrole nitrogens is 1. The largest absolute Gasteiger partial charge is 0.393 e. The Hall–Kier alpha value is -2.04. The maximum Gasteiger partial charge on any atom is 0.166 e. The molecule has 1 aromatic heterocycles. The van der Waals surface area contributed by atoms with Crippen LogP contribution in [0.25, 0.3) is 6.08 Å². The average Bonchev–Trinajstić information content (AvgIpc) is 3.34. The predicted octanol–water partition coefficient (Wildman–Crippen LogP) is 7.84. The molecule has 4 aliphatic carbocycles. The Kier molecular flexibility index (Phi) is 6.66. The molecule has 0 amide bonds. The molecule has 36 heavy (non-hydrogen) atoms. The van der Waals surface area contributed by atoms with Crippen LogP contribution < -0.4 is 0 Å². The molecule has 5 rings (SSSR count). The van der Waals surface area contributed by atoms with Crippen molar-refractivity contribution in [1.29, 1.82) is 0 Å². The zero-order chi connectivity index (χ0) is 25.8. The third-order valence-electron chi connectivity index (χ3n) is 9.90. The van der Waals surface area contributed by atoms with Crippen molar-refractivity contribution in [3.05, 3.63) is 77.7 Å². The van der Waals surface area contributed by atoms with Gasteiger partial charge in [0, 0.05) is 22.8 Å². The third kappa shape index (κ3) is 4.24. The van der Waals surface area contributed by atoms with Crippen LogP contribution in [0.4, 0.5) is 0 Å². The van der Waals surface area contributed by atoms with Crippen LogP contribution in [0, 0.1) is 41.4 Å². The summed E-state index contributed by atoms with van der Waals surface area (Å²) in [6, 6.07) is 0. The molecule has 1 heterocycles. The Labute approximate surface area is 221 Å². The van der Waals surface area contributed by atoms with Crippen LogP contribution >= 0.6 is 11.8 Å². The van der Waals surface area contributed by atoms with Gasteiger partial charge in [-0.25, -0.2) is 4.98 Å². The van der Waals surface area contributed by atoms with Gasteiger partial charge in [0.15, 0.2) is 5.16 Å². The van der Waals surface area contributed by atoms with Gasteiger partial charge in [0.1, 0.15) is 0 Å². The van der Waals surface area contributed by atoms with Crippen molar-refractivity contribution in [3.63, 3.8) is 0 Å². The number of aromatic amines is 1. The minimum atomic E-state index is -0.280. The molecule has 2 N–H and O–H groups in total. The minimum absolute atomic E-state index is 0.0385. The van der Waals surface area contributed by atoms with Crippen LogP contribution in [0.2, 0.25) is 0 Å². The Morgan fingerprint density at radius 2 is 2.06 bits per heavy atom. The Morgan fingerprint density at radius 1 is 1.28 bits per heavy atom. The van der Waals surface area contributed by atoms with Crippen LogP contribution in [0.5, 0.6) is 0 Å². The number of nitrogens with one attached hydrogen (secondary N) is 1. The van der Waals surface area contributed by atoms with Crippen LogP contribution in [0.15, 0.2) is 71.5 Å². The lowest BCUT2D eigenvalue weighted by atomic mass is 9.46. The van der Waals surface area contributed by atoms with E-state index >= 15 is 0 Å². The van der Waals surface area contributed by atoms with Crippen LogP contribution in [0.1, 0.15) is 64.3 Å². The second-order valence-corrected chi connectivity index (χ2v) is 13.2. The van der Waals surface area contributed by atoms with E-state index in [0.717, 1.165) is 46.3 Å². The molecule has 3 saturated carbocycles. The lowest BCUT2D eigenvalue weighted by molar-refractivity contribution is -0.111. The molecule has 0 spiro atoms. The molecule has 3 fully saturated rings. The molecule has 0 aromatic carbocycles. The van der Waals surface area contributed by atoms with Crippen molar-refractivity contribution < 1.29 is 5.11 Å². The van der Waals surface area contributed by atoms with Crippen molar-refractivity contribution in [1.82, 2.24) is 9.97 Å². The van der Waals surface area contributed by atoms with Crippen molar-refractivity contribution in [2.75, 3.05) is 5.75 Å². The Morgan fingerprint density at radius 3 is 2.81 bits per heavy atom. The Bertz CT molecular complexity index is 1180. The number of allylic oxidation sites excluding steroid dienone is 7. The van der Waals surface area contributed by atoms with Gasteiger partial charge in [-0.1, -0.05) is 86.4 Å². The normalized spacial score (nSPS) is 37.4. The number of aromatic nitrogens is 2. The number of aliphatic hydroxyl groups excluding tert-OH is 1. The molecule has 4 aliphatic rings. The fourth-order valence-electron chi connectivity index (χ4n) is 8.23. The Balaban J connectivity index is 1.30. The highest BCUT2D eigenvalue weighted by Gasteiger charge is 2.61. The van der Waals surface area contributed by atoms with Gasteiger partial charge in [-0.15, -0.1) is 0 Å². The van der Waals surface area contributed by atoms with Crippen molar-refractivity contribution in [3.8, 4) is 0 Å². The second kappa shape index (κ2) is 9.36. The number of hydrogen-bond acceptors (Lipinski definition) is 3. The van der Waals surface area contributed by atoms with Gasteiger partial charge >= 0.3 is 0 Å². The van der Waals surface area contributed by atoms with E-state index in [1.807, 2.05) is 19.1 Å². The molecule has 7 atom stereocenters. The fraction of sp³-hybridized carbons (Fsp3) is 0.531. The van der Waals surface area contributed by atoms with E-state index in [0.29, 0.717) is 23.7 Å². The monoisotopic (exact) mass is 502 g/mol. The van der Waals surface area contributed by atoms with Crippen LogP contribution in [-0.4, -0.2) is 26.9 Å². The summed E-state index contributed by atoms with van der Waals surface area (Å²) in [6.45, 7) is 21.6. The standard InChI is InChI=1S/C32H42N2OS/c1-19(2)8-13-27-22(5)33-30(34-27)36-18-21(4)25-11-12-26-24-10-9-23-16-20(3)14-15-31(23,6)29(24)28(35)17-32(25,26)7/h8,13-16,24-26,28-29,35H,1,3-4,9-12,17-18H2,2,5-7H3,(H,33,34)/b13-8-. The molecule has 0 radical (unpaired) electrons. The van der Waals surface area contributed by atoms with Crippen molar-refractivity contribution in [2.45, 2.75) is 71.1 Å². The first-order valence-corrected chi connectivity index (χ1v) is 14.5. The summed E-state index contributed by atoms with van der Waals surface area (Å²) in [5.74, 6) is 2.84. The highest BCUT2D eigenvalue weighted by molar-refractivity contribution is 7.99. The first kappa shape index (κ1) is 25.6. The van der Waals surface area contributed by atoms with E-state index in [9.17, 15) is 5.11 Å². The van der Waals surface area contributed by atoms with E-state index in [1.165, 1.54) is 30.4 Å². The molecule has 1 aromatic rings. The van der Waals surface area contributed by atoms with Gasteiger partial charge in [-0.2, -0.15) is 0 Å². The van der Waals surface area contributed by atoms with E-state index < -0.39 is 0 Å². The molecule has 3 nitrogen and oxygen atoms in total. The van der Waals surface area contributed by atoms with Gasteiger partial charge in [-0.3, -0.25) is 0 Å². The number of aryl methyl sites for hydroxylation is 1. The van der Waals surface area contributed by atoms with Crippen molar-refractivity contribution in [2.24, 2.45) is 34.5 Å². The highest BCUT2D eigenvalue weighted by Crippen LogP contribution is 2.67. The molecular weight excluding hydrogens is 460 g/mol. The first-order valence-electron chi connectivity index (χ1n) is 13.5. The molecule has 0 aliphatic heterocycles. The first-order chi connectivity index (χ1) is 17.0. The van der Waals surface area contributed by atoms with E-state index in [4.69, 9.17) is 4.98 Å². The summed E-state index contributed by atoms with van der Waals surface area (Å²) in [7, 11) is 0. The zero-order valence-electron chi connectivity index (χ0n) is 22.4. The quantitative estimate of drug-likeness (QED) is 0.237. The number of hydrogen-bond donors (Lipinski definition) is 2. The number of rotatable bonds is 6. The number of fused-ring (bicyclic) bond motifs is 5. The number of nitrogens with zero attached hydrogens (tertiary/aromatic N) is 1. The summed E-state index contributed by atoms with van der Waals surface area (Å²) in [5.41, 5.74) is 7.02. The van der Waals surface area contributed by atoms with Gasteiger partial charge in [0.2, 0.25) is 0 Å². The van der Waals surface area contributed by atoms with Gasteiger partial charge in [0.25, 0.3) is 0 Å². The summed E-state index contributed by atoms with van der Waals surface area (Å²) < 4.78 is 0. The minimum Gasteiger partial charge on any atom is -0.393 e. The van der Waals surface area contributed by atoms with E-state index in [-0.39, 0.29) is 16.9 Å². The summed E-state index contributed by atoms with van der Waals surface area (Å²) >= 11 is 1.75. The number of aliphatic hydroxyl groups is 1. The maximum absolute atomic E-state index is 11.7. The van der Waals surface area contributed by atoms with E-state index in [1.54, 1.807) is 11.8 Å². The average molecular weight is 503 g/mol. The molecule has 7 unspecified atom stereocenters. The van der Waals surface area contributed by atoms with Crippen LogP contribution in [-0.2, 0) is 0 Å². The molecule has 0 bridgehead atoms. The fourth-order valence-corrected chi connectivity index (χ4v) is 9.14. The van der Waals surface area contributed by atoms with E-state index in [2.05, 4.69) is 63.7 Å². The smallest absolute Gasteiger partial charge is 0.166 e. The SMILES string of the molecule is C=C1C=CC2(C)C(=C1)CCC1C2C(O)CC2(C)C(C(=C)CSc3nc(/C=C\C(=C)C)c(C)[nH]3)CCC12. The maximum atomic E-state index is 11.7. The third-order valence-corrected chi connectivity index (χ3v) is 10.9. The highest BCUT2D eigenvalue weighted by atomic mass is 32.2. The van der Waals surface area contributed by atoms with Gasteiger partial charge < -0.3 is 10.1 Å². The van der Waals surface area contributed by atoms with Gasteiger partial charge in [0.05, 0.1) is 11.8 Å². The lowest BCUT2D eigenvalue weighted by Crippen LogP contribution is -2.55. The summed E-state index contributed by atoms with van der Waals surface area (Å²) in [6.07, 6.45) is 16.2. The number of imidazole rings is 1. The lowest BCUT2D eigenvalue weighted by Gasteiger charge is -2.59. The number of thioether (sulfide) groups is 1. The molecule has 192 valence electrons. The molecule has 0 saturated heterocycles. The van der Waals surface area contributed by atoms with Crippen molar-refractivity contribution >= 4 is 17.8 Å². The molecule has 4 heteroatoms. The summed E-state index contributed by atoms with van der Waals surface area (Å²) in [4.78, 5) is 8.21. The predicted molar refractivity (Wildman–Crippen MR) is 153 cm³/mol. The van der Waals surface area contributed by atoms with Gasteiger partial charge in [-0.05, 0) is 80.8 Å². The topological polar surface area (TPSA) is 48.9 Å². The molecular formula is C32H42N2OS.